The van der Waals surface area contributed by atoms with E-state index in [0.29, 0.717) is 28.0 Å². The van der Waals surface area contributed by atoms with Crippen molar-refractivity contribution in [3.8, 4) is 22.6 Å². The van der Waals surface area contributed by atoms with E-state index in [4.69, 9.17) is 4.74 Å². The fourth-order valence-electron chi connectivity index (χ4n) is 3.08. The molecule has 0 bridgehead atoms. The molecule has 0 fully saturated rings. The van der Waals surface area contributed by atoms with Crippen molar-refractivity contribution in [3.63, 3.8) is 0 Å². The molecule has 3 rings (SSSR count). The summed E-state index contributed by atoms with van der Waals surface area (Å²) in [5.41, 5.74) is 2.12. The summed E-state index contributed by atoms with van der Waals surface area (Å²) in [6.45, 7) is -1.33. The smallest absolute Gasteiger partial charge is 0.387 e. The van der Waals surface area contributed by atoms with E-state index >= 15 is 0 Å². The Morgan fingerprint density at radius 1 is 1.10 bits per heavy atom. The molecule has 1 aromatic heterocycles. The van der Waals surface area contributed by atoms with Crippen LogP contribution in [0.15, 0.2) is 64.4 Å². The number of hydrogen-bond acceptors (Lipinski definition) is 5. The van der Waals surface area contributed by atoms with E-state index in [9.17, 15) is 22.7 Å². The van der Waals surface area contributed by atoms with Crippen molar-refractivity contribution in [2.75, 3.05) is 6.26 Å². The molecule has 0 saturated heterocycles. The van der Waals surface area contributed by atoms with Gasteiger partial charge < -0.3 is 14.0 Å². The van der Waals surface area contributed by atoms with Crippen molar-refractivity contribution < 1.29 is 27.4 Å². The molecule has 2 aromatic carbocycles. The number of aryl methyl sites for hydroxylation is 2. The number of alkyl halides is 2. The monoisotopic (exact) mass is 451 g/mol. The van der Waals surface area contributed by atoms with E-state index in [2.05, 4.69) is 4.74 Å². The van der Waals surface area contributed by atoms with Crippen LogP contribution in [0.1, 0.15) is 11.1 Å². The number of ether oxygens (including phenoxy) is 2. The van der Waals surface area contributed by atoms with Crippen LogP contribution < -0.4 is 15.0 Å². The minimum atomic E-state index is -3.06. The van der Waals surface area contributed by atoms with Crippen LogP contribution in [0.2, 0.25) is 0 Å². The highest BCUT2D eigenvalue weighted by Gasteiger charge is 2.15. The molecule has 0 aliphatic heterocycles. The van der Waals surface area contributed by atoms with Crippen LogP contribution in [0, 0.1) is 6.92 Å². The molecule has 1 heterocycles. The maximum Gasteiger partial charge on any atom is 0.387 e. The van der Waals surface area contributed by atoms with Gasteiger partial charge in [-0.05, 0) is 42.3 Å². The highest BCUT2D eigenvalue weighted by molar-refractivity contribution is 8.23. The normalized spacial score (nSPS) is 12.1. The number of para-hydroxylation sites is 1. The number of halogens is 2. The molecular weight excluding hydrogens is 428 g/mol. The molecule has 0 amide bonds. The van der Waals surface area contributed by atoms with Gasteiger partial charge in [0.05, 0.1) is 4.90 Å². The lowest BCUT2D eigenvalue weighted by Crippen LogP contribution is -2.18. The molecule has 6 nitrogen and oxygen atoms in total. The molecule has 9 heteroatoms. The molecule has 2 N–H and O–H groups in total. The zero-order valence-electron chi connectivity index (χ0n) is 17.2. The predicted molar refractivity (Wildman–Crippen MR) is 116 cm³/mol. The molecule has 31 heavy (non-hydrogen) atoms. The van der Waals surface area contributed by atoms with Gasteiger partial charge >= 0.3 is 6.61 Å². The van der Waals surface area contributed by atoms with Crippen LogP contribution in [0.3, 0.4) is 0 Å². The van der Waals surface area contributed by atoms with Crippen molar-refractivity contribution in [1.82, 2.24) is 4.57 Å². The van der Waals surface area contributed by atoms with Gasteiger partial charge in [-0.2, -0.15) is 19.4 Å². The fourth-order valence-corrected chi connectivity index (χ4v) is 3.77. The fraction of sp³-hybridized carbons (Fsp3) is 0.227. The molecule has 166 valence electrons. The summed E-state index contributed by atoms with van der Waals surface area (Å²) in [6.07, 6.45) is 2.94. The number of aromatic nitrogens is 1. The van der Waals surface area contributed by atoms with Gasteiger partial charge in [-0.15, -0.1) is 0 Å². The van der Waals surface area contributed by atoms with E-state index < -0.39 is 17.2 Å². The SMILES string of the molecule is Cc1cc(-c2cc(OCc3ccccc3OC(F)F)cc(S(C)(O)O)c2)cn(C)c1=O. The van der Waals surface area contributed by atoms with Gasteiger partial charge in [-0.3, -0.25) is 13.9 Å². The van der Waals surface area contributed by atoms with Crippen molar-refractivity contribution in [2.24, 2.45) is 7.05 Å². The third-order valence-electron chi connectivity index (χ3n) is 4.61. The molecule has 0 aliphatic rings. The van der Waals surface area contributed by atoms with Crippen molar-refractivity contribution in [3.05, 3.63) is 76.2 Å². The lowest BCUT2D eigenvalue weighted by Gasteiger charge is -2.28. The number of pyridine rings is 1. The summed E-state index contributed by atoms with van der Waals surface area (Å²) in [7, 11) is -1.43. The van der Waals surface area contributed by atoms with Crippen molar-refractivity contribution in [2.45, 2.75) is 25.0 Å². The summed E-state index contributed by atoms with van der Waals surface area (Å²) in [6, 6.07) is 12.8. The van der Waals surface area contributed by atoms with Crippen molar-refractivity contribution >= 4 is 10.6 Å². The maximum atomic E-state index is 12.6. The zero-order chi connectivity index (χ0) is 22.8. The highest BCUT2D eigenvalue weighted by Crippen LogP contribution is 2.47. The molecule has 0 unspecified atom stereocenters. The first-order valence-electron chi connectivity index (χ1n) is 9.26. The summed E-state index contributed by atoms with van der Waals surface area (Å²) in [4.78, 5) is 12.3. The molecule has 0 spiro atoms. The second kappa shape index (κ2) is 9.09. The Balaban J connectivity index is 1.98. The first-order chi connectivity index (χ1) is 14.5. The van der Waals surface area contributed by atoms with Gasteiger partial charge in [0.15, 0.2) is 0 Å². The topological polar surface area (TPSA) is 80.9 Å². The van der Waals surface area contributed by atoms with Gasteiger partial charge in [0.2, 0.25) is 0 Å². The summed E-state index contributed by atoms with van der Waals surface area (Å²) >= 11 is 0. The quantitative estimate of drug-likeness (QED) is 0.511. The van der Waals surface area contributed by atoms with Crippen LogP contribution in [0.4, 0.5) is 8.78 Å². The van der Waals surface area contributed by atoms with Gasteiger partial charge in [0, 0.05) is 36.7 Å². The Labute approximate surface area is 180 Å². The van der Waals surface area contributed by atoms with Crippen LogP contribution in [0.25, 0.3) is 11.1 Å². The Kier molecular flexibility index (Phi) is 6.68. The van der Waals surface area contributed by atoms with E-state index in [1.165, 1.54) is 23.0 Å². The van der Waals surface area contributed by atoms with Crippen LogP contribution in [-0.2, 0) is 13.7 Å². The molecule has 3 aromatic rings. The van der Waals surface area contributed by atoms with E-state index in [-0.39, 0.29) is 22.8 Å². The number of hydrogen-bond donors (Lipinski definition) is 2. The lowest BCUT2D eigenvalue weighted by molar-refractivity contribution is -0.0508. The minimum absolute atomic E-state index is 0.00217. The van der Waals surface area contributed by atoms with Gasteiger partial charge in [-0.25, -0.2) is 0 Å². The standard InChI is InChI=1S/C22H23F2NO5S/c1-14-8-17(12-25(2)21(14)26)16-9-18(11-19(10-16)31(3,27)28)29-13-15-6-4-5-7-20(15)30-22(23)24/h4-12,22,27-28H,13H2,1-3H3. The Morgan fingerprint density at radius 3 is 2.45 bits per heavy atom. The second-order valence-electron chi connectivity index (χ2n) is 7.13. The van der Waals surface area contributed by atoms with E-state index in [1.807, 2.05) is 0 Å². The van der Waals surface area contributed by atoms with Crippen LogP contribution >= 0.6 is 10.6 Å². The third kappa shape index (κ3) is 5.63. The van der Waals surface area contributed by atoms with E-state index in [0.717, 1.165) is 0 Å². The molecule has 0 aliphatic carbocycles. The lowest BCUT2D eigenvalue weighted by atomic mass is 10.1. The zero-order valence-corrected chi connectivity index (χ0v) is 18.0. The number of benzene rings is 2. The van der Waals surface area contributed by atoms with Crippen molar-refractivity contribution in [1.29, 1.82) is 0 Å². The Morgan fingerprint density at radius 2 is 1.81 bits per heavy atom. The number of nitrogens with zero attached hydrogens (tertiary/aromatic N) is 1. The van der Waals surface area contributed by atoms with Crippen LogP contribution in [0.5, 0.6) is 11.5 Å². The second-order valence-corrected chi connectivity index (χ2v) is 9.27. The summed E-state index contributed by atoms with van der Waals surface area (Å²) in [5.74, 6) is 0.315. The molecule has 0 saturated carbocycles. The van der Waals surface area contributed by atoms with Gasteiger partial charge in [-0.1, -0.05) is 18.2 Å². The maximum absolute atomic E-state index is 12.6. The third-order valence-corrected chi connectivity index (χ3v) is 5.73. The summed E-state index contributed by atoms with van der Waals surface area (Å²) < 4.78 is 57.4. The highest BCUT2D eigenvalue weighted by atomic mass is 32.3. The van der Waals surface area contributed by atoms with E-state index in [1.54, 1.807) is 56.6 Å². The van der Waals surface area contributed by atoms with Gasteiger partial charge in [0.1, 0.15) is 18.1 Å². The Hall–Kier alpha value is -2.88. The van der Waals surface area contributed by atoms with Gasteiger partial charge in [0.25, 0.3) is 5.56 Å². The Bertz CT molecular complexity index is 1120. The minimum Gasteiger partial charge on any atom is -0.489 e. The first-order valence-corrected chi connectivity index (χ1v) is 11.2. The average Bonchev–Trinajstić information content (AvgIpc) is 2.69. The first kappa shape index (κ1) is 22.8. The average molecular weight is 451 g/mol. The molecular formula is C22H23F2NO5S. The predicted octanol–water partition coefficient (Wildman–Crippen LogP) is 5.28. The summed E-state index contributed by atoms with van der Waals surface area (Å²) in [5, 5.41) is 0. The largest absolute Gasteiger partial charge is 0.489 e. The molecule has 0 radical (unpaired) electrons. The number of rotatable bonds is 7. The van der Waals surface area contributed by atoms with Crippen LogP contribution in [-0.4, -0.2) is 26.5 Å². The molecule has 0 atom stereocenters.